The number of hydrogen-bond acceptors (Lipinski definition) is 6. The highest BCUT2D eigenvalue weighted by Gasteiger charge is 2.50. The number of carbonyl (C=O) groups is 1. The third-order valence-corrected chi connectivity index (χ3v) is 9.85. The standard InChI is InChI=1S/C34H39N5O2/c1-23(2)28-6-3-4-7-29(28)31-8-5-13-39(31)26-18-34(19-26)10-14-38(15-11-34)25-17-32(30(22-40)36-20-25)41-27-16-24-9-12-35-33(24)37-21-27/h3-4,6-7,9,12,16-17,20-23,26,31H,5,8,10-11,13-15,18-19H2,1-2H3,(H,35,37). The Morgan fingerprint density at radius 2 is 1.88 bits per heavy atom. The maximum atomic E-state index is 11.7. The van der Waals surface area contributed by atoms with Gasteiger partial charge in [0, 0.05) is 42.8 Å². The number of aldehydes is 1. The zero-order valence-electron chi connectivity index (χ0n) is 24.1. The van der Waals surface area contributed by atoms with E-state index in [1.54, 1.807) is 11.8 Å². The van der Waals surface area contributed by atoms with Gasteiger partial charge in [-0.3, -0.25) is 9.69 Å². The summed E-state index contributed by atoms with van der Waals surface area (Å²) in [6, 6.07) is 16.2. The van der Waals surface area contributed by atoms with Gasteiger partial charge < -0.3 is 14.6 Å². The molecule has 1 atom stereocenters. The van der Waals surface area contributed by atoms with Crippen LogP contribution in [-0.2, 0) is 0 Å². The summed E-state index contributed by atoms with van der Waals surface area (Å²) < 4.78 is 6.12. The largest absolute Gasteiger partial charge is 0.453 e. The van der Waals surface area contributed by atoms with Crippen LogP contribution in [0.3, 0.4) is 0 Å². The summed E-state index contributed by atoms with van der Waals surface area (Å²) in [5.74, 6) is 1.62. The van der Waals surface area contributed by atoms with Crippen molar-refractivity contribution in [2.75, 3.05) is 24.5 Å². The number of aromatic amines is 1. The summed E-state index contributed by atoms with van der Waals surface area (Å²) in [5, 5.41) is 0.962. The molecule has 0 bridgehead atoms. The third-order valence-electron chi connectivity index (χ3n) is 9.85. The summed E-state index contributed by atoms with van der Waals surface area (Å²) in [6.07, 6.45) is 13.7. The lowest BCUT2D eigenvalue weighted by molar-refractivity contribution is -0.0228. The quantitative estimate of drug-likeness (QED) is 0.244. The second-order valence-corrected chi connectivity index (χ2v) is 12.6. The van der Waals surface area contributed by atoms with Crippen LogP contribution in [0.1, 0.15) is 85.9 Å². The number of piperidine rings is 1. The van der Waals surface area contributed by atoms with Crippen molar-refractivity contribution in [3.8, 4) is 11.5 Å². The van der Waals surface area contributed by atoms with Gasteiger partial charge in [0.05, 0.1) is 18.1 Å². The molecular formula is C34H39N5O2. The maximum absolute atomic E-state index is 11.7. The van der Waals surface area contributed by atoms with Crippen molar-refractivity contribution in [2.24, 2.45) is 5.41 Å². The van der Waals surface area contributed by atoms with Crippen LogP contribution < -0.4 is 9.64 Å². The predicted molar refractivity (Wildman–Crippen MR) is 162 cm³/mol. The lowest BCUT2D eigenvalue weighted by Gasteiger charge is -2.56. The number of likely N-dealkylation sites (tertiary alicyclic amines) is 1. The van der Waals surface area contributed by atoms with Crippen molar-refractivity contribution in [3.05, 3.63) is 77.9 Å². The average Bonchev–Trinajstić information content (AvgIpc) is 3.65. The molecule has 0 radical (unpaired) electrons. The first-order valence-electron chi connectivity index (χ1n) is 15.2. The van der Waals surface area contributed by atoms with Gasteiger partial charge >= 0.3 is 0 Å². The Bertz CT molecular complexity index is 1550. The Morgan fingerprint density at radius 3 is 2.68 bits per heavy atom. The van der Waals surface area contributed by atoms with E-state index in [2.05, 4.69) is 62.9 Å². The van der Waals surface area contributed by atoms with E-state index < -0.39 is 0 Å². The molecule has 3 aliphatic rings. The average molecular weight is 550 g/mol. The Labute approximate surface area is 241 Å². The Hall–Kier alpha value is -3.71. The summed E-state index contributed by atoms with van der Waals surface area (Å²) in [6.45, 7) is 7.88. The lowest BCUT2D eigenvalue weighted by atomic mass is 9.59. The summed E-state index contributed by atoms with van der Waals surface area (Å²) >= 11 is 0. The summed E-state index contributed by atoms with van der Waals surface area (Å²) in [4.78, 5) is 28.9. The van der Waals surface area contributed by atoms with E-state index in [1.807, 2.05) is 30.6 Å². The molecule has 7 heteroatoms. The number of carbonyl (C=O) groups excluding carboxylic acids is 1. The number of ether oxygens (including phenoxy) is 1. The third kappa shape index (κ3) is 4.90. The van der Waals surface area contributed by atoms with E-state index in [4.69, 9.17) is 4.74 Å². The molecule has 1 spiro atoms. The van der Waals surface area contributed by atoms with Crippen molar-refractivity contribution >= 4 is 23.0 Å². The number of fused-ring (bicyclic) bond motifs is 1. The molecular weight excluding hydrogens is 510 g/mol. The number of H-pyrrole nitrogens is 1. The minimum atomic E-state index is 0.303. The van der Waals surface area contributed by atoms with Gasteiger partial charge in [-0.2, -0.15) is 0 Å². The van der Waals surface area contributed by atoms with Gasteiger partial charge in [-0.1, -0.05) is 38.1 Å². The van der Waals surface area contributed by atoms with Crippen LogP contribution in [0.25, 0.3) is 11.0 Å². The first kappa shape index (κ1) is 26.2. The number of nitrogens with zero attached hydrogens (tertiary/aromatic N) is 4. The van der Waals surface area contributed by atoms with Crippen molar-refractivity contribution in [1.29, 1.82) is 0 Å². The minimum absolute atomic E-state index is 0.303. The molecule has 1 saturated carbocycles. The molecule has 212 valence electrons. The first-order valence-corrected chi connectivity index (χ1v) is 15.2. The Kier molecular flexibility index (Phi) is 6.78. The molecule has 7 rings (SSSR count). The molecule has 2 aliphatic heterocycles. The number of nitrogens with one attached hydrogen (secondary N) is 1. The molecule has 3 fully saturated rings. The molecule has 2 saturated heterocycles. The van der Waals surface area contributed by atoms with Crippen LogP contribution in [0.5, 0.6) is 11.5 Å². The molecule has 1 aliphatic carbocycles. The molecule has 1 unspecified atom stereocenters. The van der Waals surface area contributed by atoms with Gasteiger partial charge in [-0.25, -0.2) is 9.97 Å². The molecule has 5 heterocycles. The number of rotatable bonds is 7. The van der Waals surface area contributed by atoms with E-state index in [9.17, 15) is 4.79 Å². The fourth-order valence-corrected chi connectivity index (χ4v) is 7.61. The van der Waals surface area contributed by atoms with Gasteiger partial charge in [-0.15, -0.1) is 0 Å². The van der Waals surface area contributed by atoms with Gasteiger partial charge in [0.2, 0.25) is 0 Å². The van der Waals surface area contributed by atoms with Crippen LogP contribution in [0, 0.1) is 5.41 Å². The Morgan fingerprint density at radius 1 is 1.05 bits per heavy atom. The van der Waals surface area contributed by atoms with E-state index in [0.29, 0.717) is 40.6 Å². The smallest absolute Gasteiger partial charge is 0.172 e. The fraction of sp³-hybridized carbons (Fsp3) is 0.441. The summed E-state index contributed by atoms with van der Waals surface area (Å²) in [7, 11) is 0. The van der Waals surface area contributed by atoms with Crippen molar-refractivity contribution < 1.29 is 9.53 Å². The molecule has 0 amide bonds. The highest BCUT2D eigenvalue weighted by molar-refractivity contribution is 5.79. The normalized spacial score (nSPS) is 21.0. The second-order valence-electron chi connectivity index (χ2n) is 12.6. The first-order chi connectivity index (χ1) is 20.0. The number of benzene rings is 1. The van der Waals surface area contributed by atoms with Crippen LogP contribution in [0.4, 0.5) is 5.69 Å². The van der Waals surface area contributed by atoms with E-state index in [-0.39, 0.29) is 0 Å². The SMILES string of the molecule is CC(C)c1ccccc1C1CCCN1C1CC2(CCN(c3cnc(C=O)c(Oc4cnc5[nH]ccc5c4)c3)CC2)C1. The number of pyridine rings is 2. The van der Waals surface area contributed by atoms with Crippen LogP contribution in [-0.4, -0.2) is 51.8 Å². The lowest BCUT2D eigenvalue weighted by Crippen LogP contribution is -2.55. The van der Waals surface area contributed by atoms with Crippen LogP contribution in [0.2, 0.25) is 0 Å². The zero-order valence-corrected chi connectivity index (χ0v) is 24.1. The molecule has 4 aromatic rings. The van der Waals surface area contributed by atoms with Crippen molar-refractivity contribution in [1.82, 2.24) is 19.9 Å². The molecule has 1 aromatic carbocycles. The fourth-order valence-electron chi connectivity index (χ4n) is 7.61. The van der Waals surface area contributed by atoms with E-state index >= 15 is 0 Å². The molecule has 41 heavy (non-hydrogen) atoms. The molecule has 1 N–H and O–H groups in total. The van der Waals surface area contributed by atoms with E-state index in [1.165, 1.54) is 50.6 Å². The number of hydrogen-bond donors (Lipinski definition) is 1. The van der Waals surface area contributed by atoms with Gasteiger partial charge in [0.1, 0.15) is 17.1 Å². The Balaban J connectivity index is 1.00. The van der Waals surface area contributed by atoms with Gasteiger partial charge in [0.15, 0.2) is 12.0 Å². The van der Waals surface area contributed by atoms with Crippen molar-refractivity contribution in [3.63, 3.8) is 0 Å². The molecule has 3 aromatic heterocycles. The second kappa shape index (κ2) is 10.6. The van der Waals surface area contributed by atoms with Crippen molar-refractivity contribution in [2.45, 2.75) is 70.4 Å². The van der Waals surface area contributed by atoms with E-state index in [0.717, 1.165) is 36.1 Å². The zero-order chi connectivity index (χ0) is 28.0. The number of anilines is 1. The van der Waals surface area contributed by atoms with Crippen LogP contribution in [0.15, 0.2) is 61.1 Å². The topological polar surface area (TPSA) is 74.3 Å². The highest BCUT2D eigenvalue weighted by atomic mass is 16.5. The summed E-state index contributed by atoms with van der Waals surface area (Å²) in [5.41, 5.74) is 5.66. The minimum Gasteiger partial charge on any atom is -0.453 e. The predicted octanol–water partition coefficient (Wildman–Crippen LogP) is 7.27. The highest BCUT2D eigenvalue weighted by Crippen LogP contribution is 2.54. The maximum Gasteiger partial charge on any atom is 0.172 e. The molecule has 7 nitrogen and oxygen atoms in total. The van der Waals surface area contributed by atoms with Gasteiger partial charge in [-0.05, 0) is 79.7 Å². The number of aromatic nitrogens is 3. The van der Waals surface area contributed by atoms with Gasteiger partial charge in [0.25, 0.3) is 0 Å². The monoisotopic (exact) mass is 549 g/mol. The van der Waals surface area contributed by atoms with Crippen LogP contribution >= 0.6 is 0 Å².